The van der Waals surface area contributed by atoms with Crippen molar-refractivity contribution in [3.8, 4) is 0 Å². The Balaban J connectivity index is 1.63. The molecule has 0 radical (unpaired) electrons. The maximum Gasteiger partial charge on any atom is 0.200 e. The summed E-state index contributed by atoms with van der Waals surface area (Å²) in [6.07, 6.45) is -2.58. The molecule has 228 valence electrons. The lowest BCUT2D eigenvalue weighted by molar-refractivity contribution is -0.236. The molecule has 7 heteroatoms. The molecule has 5 atom stereocenters. The molecule has 0 saturated carbocycles. The van der Waals surface area contributed by atoms with Crippen molar-refractivity contribution in [1.29, 1.82) is 0 Å². The summed E-state index contributed by atoms with van der Waals surface area (Å²) in [4.78, 5) is 1.07. The first-order valence-electron chi connectivity index (χ1n) is 15.2. The molecule has 1 fully saturated rings. The van der Waals surface area contributed by atoms with Gasteiger partial charge in [0.2, 0.25) is 0 Å². The summed E-state index contributed by atoms with van der Waals surface area (Å²) < 4.78 is 26.8. The van der Waals surface area contributed by atoms with E-state index in [0.717, 1.165) is 16.0 Å². The highest BCUT2D eigenvalue weighted by atomic mass is 32.2. The first-order chi connectivity index (χ1) is 20.2. The standard InChI is InChI=1S/C35H48O5SSi/c1-25(2)42(26(3)4,27(5)6)39-24-31-32(36)33(37-22-28-16-10-7-11-17-28)34(38-23-29-18-12-8-13-19-29)35(40-31)41-30-20-14-9-15-21-30/h7-21,25-27,31-36H,22-24H2,1-6H3/t31?,32-,33?,34?,35+/m1/s1. The van der Waals surface area contributed by atoms with Crippen molar-refractivity contribution >= 4 is 20.1 Å². The summed E-state index contributed by atoms with van der Waals surface area (Å²) in [6, 6.07) is 30.4. The highest BCUT2D eigenvalue weighted by Gasteiger charge is 2.50. The van der Waals surface area contributed by atoms with Gasteiger partial charge in [0.1, 0.15) is 29.9 Å². The quantitative estimate of drug-likeness (QED) is 0.186. The van der Waals surface area contributed by atoms with Crippen molar-refractivity contribution in [2.24, 2.45) is 0 Å². The molecule has 0 aliphatic carbocycles. The minimum absolute atomic E-state index is 0.324. The summed E-state index contributed by atoms with van der Waals surface area (Å²) >= 11 is 1.61. The molecule has 3 aromatic carbocycles. The average Bonchev–Trinajstić information content (AvgIpc) is 2.98. The second-order valence-corrected chi connectivity index (χ2v) is 18.7. The second kappa shape index (κ2) is 15.7. The molecule has 1 heterocycles. The fourth-order valence-corrected chi connectivity index (χ4v) is 13.0. The van der Waals surface area contributed by atoms with E-state index in [1.807, 2.05) is 78.9 Å². The van der Waals surface area contributed by atoms with Crippen LogP contribution < -0.4 is 0 Å². The van der Waals surface area contributed by atoms with Crippen molar-refractivity contribution < 1.29 is 23.7 Å². The minimum Gasteiger partial charge on any atom is -0.413 e. The number of thioether (sulfide) groups is 1. The number of ether oxygens (including phenoxy) is 3. The van der Waals surface area contributed by atoms with E-state index in [9.17, 15) is 5.11 Å². The van der Waals surface area contributed by atoms with Gasteiger partial charge >= 0.3 is 0 Å². The van der Waals surface area contributed by atoms with Gasteiger partial charge in [-0.1, -0.05) is 132 Å². The van der Waals surface area contributed by atoms with Gasteiger partial charge in [0.05, 0.1) is 19.8 Å². The largest absolute Gasteiger partial charge is 0.413 e. The average molecular weight is 609 g/mol. The van der Waals surface area contributed by atoms with Crippen LogP contribution in [0.5, 0.6) is 0 Å². The van der Waals surface area contributed by atoms with E-state index in [2.05, 4.69) is 53.7 Å². The van der Waals surface area contributed by atoms with Crippen LogP contribution in [0.3, 0.4) is 0 Å². The summed E-state index contributed by atoms with van der Waals surface area (Å²) in [5.74, 6) is 0. The third-order valence-corrected chi connectivity index (χ3v) is 15.6. The molecule has 1 aliphatic heterocycles. The third-order valence-electron chi connectivity index (χ3n) is 8.39. The first-order valence-corrected chi connectivity index (χ1v) is 18.2. The molecule has 1 saturated heterocycles. The molecular weight excluding hydrogens is 561 g/mol. The molecule has 3 aromatic rings. The Morgan fingerprint density at radius 1 is 0.690 bits per heavy atom. The van der Waals surface area contributed by atoms with Crippen LogP contribution in [0.25, 0.3) is 0 Å². The number of benzene rings is 3. The van der Waals surface area contributed by atoms with Crippen LogP contribution in [0.2, 0.25) is 16.6 Å². The molecule has 4 rings (SSSR count). The highest BCUT2D eigenvalue weighted by Crippen LogP contribution is 2.43. The van der Waals surface area contributed by atoms with Crippen molar-refractivity contribution in [3.05, 3.63) is 102 Å². The van der Waals surface area contributed by atoms with E-state index >= 15 is 0 Å². The van der Waals surface area contributed by atoms with Crippen LogP contribution in [0.15, 0.2) is 95.9 Å². The number of aliphatic hydroxyl groups excluding tert-OH is 1. The molecule has 1 aliphatic rings. The smallest absolute Gasteiger partial charge is 0.200 e. The normalized spacial score (nSPS) is 23.1. The Labute approximate surface area is 258 Å². The van der Waals surface area contributed by atoms with Gasteiger partial charge in [0.25, 0.3) is 0 Å². The van der Waals surface area contributed by atoms with Crippen LogP contribution in [0.4, 0.5) is 0 Å². The second-order valence-electron chi connectivity index (χ2n) is 12.1. The van der Waals surface area contributed by atoms with Crippen molar-refractivity contribution in [3.63, 3.8) is 0 Å². The maximum absolute atomic E-state index is 11.9. The molecular formula is C35H48O5SSi. The van der Waals surface area contributed by atoms with Gasteiger partial charge in [-0.15, -0.1) is 0 Å². The van der Waals surface area contributed by atoms with Crippen LogP contribution >= 0.6 is 11.8 Å². The fraction of sp³-hybridized carbons (Fsp3) is 0.486. The van der Waals surface area contributed by atoms with E-state index in [4.69, 9.17) is 18.6 Å². The van der Waals surface area contributed by atoms with Crippen molar-refractivity contribution in [1.82, 2.24) is 0 Å². The molecule has 42 heavy (non-hydrogen) atoms. The Kier molecular flexibility index (Phi) is 12.3. The predicted molar refractivity (Wildman–Crippen MR) is 174 cm³/mol. The van der Waals surface area contributed by atoms with Gasteiger partial charge in [-0.2, -0.15) is 0 Å². The Hall–Kier alpha value is -1.97. The van der Waals surface area contributed by atoms with E-state index in [1.165, 1.54) is 0 Å². The number of aliphatic hydroxyl groups is 1. The molecule has 3 unspecified atom stereocenters. The number of hydrogen-bond acceptors (Lipinski definition) is 6. The zero-order valence-electron chi connectivity index (χ0n) is 25.9. The van der Waals surface area contributed by atoms with Crippen LogP contribution in [0.1, 0.15) is 52.7 Å². The monoisotopic (exact) mass is 608 g/mol. The van der Waals surface area contributed by atoms with Gasteiger partial charge in [-0.25, -0.2) is 0 Å². The summed E-state index contributed by atoms with van der Waals surface area (Å²) in [5.41, 5.74) is 3.00. The Morgan fingerprint density at radius 3 is 1.62 bits per heavy atom. The summed E-state index contributed by atoms with van der Waals surface area (Å²) in [5, 5.41) is 11.9. The van der Waals surface area contributed by atoms with E-state index in [1.54, 1.807) is 11.8 Å². The topological polar surface area (TPSA) is 57.2 Å². The number of rotatable bonds is 14. The van der Waals surface area contributed by atoms with Gasteiger partial charge < -0.3 is 23.7 Å². The molecule has 0 aromatic heterocycles. The third kappa shape index (κ3) is 8.14. The molecule has 0 bridgehead atoms. The van der Waals surface area contributed by atoms with Gasteiger partial charge in [-0.05, 0) is 39.9 Å². The van der Waals surface area contributed by atoms with Gasteiger partial charge in [0.15, 0.2) is 8.32 Å². The summed E-state index contributed by atoms with van der Waals surface area (Å²) in [6.45, 7) is 14.7. The van der Waals surface area contributed by atoms with Crippen LogP contribution in [0, 0.1) is 0 Å². The van der Waals surface area contributed by atoms with Gasteiger partial charge in [0, 0.05) is 4.90 Å². The molecule has 0 spiro atoms. The van der Waals surface area contributed by atoms with E-state index in [-0.39, 0.29) is 0 Å². The summed E-state index contributed by atoms with van der Waals surface area (Å²) in [7, 11) is -2.18. The zero-order chi connectivity index (χ0) is 30.1. The van der Waals surface area contributed by atoms with Crippen LogP contribution in [-0.4, -0.2) is 49.9 Å². The zero-order valence-corrected chi connectivity index (χ0v) is 27.7. The number of hydrogen-bond donors (Lipinski definition) is 1. The first kappa shape index (κ1) is 32.9. The maximum atomic E-state index is 11.9. The lowest BCUT2D eigenvalue weighted by Crippen LogP contribution is -2.60. The van der Waals surface area contributed by atoms with Crippen molar-refractivity contribution in [2.75, 3.05) is 6.61 Å². The van der Waals surface area contributed by atoms with E-state index < -0.39 is 38.2 Å². The molecule has 0 amide bonds. The van der Waals surface area contributed by atoms with Crippen LogP contribution in [-0.2, 0) is 31.9 Å². The molecule has 1 N–H and O–H groups in total. The SMILES string of the molecule is CC(C)[Si](OCC1O[C@@H](Sc2ccccc2)C(OCc2ccccc2)C(OCc2ccccc2)[C@@H]1O)(C(C)C)C(C)C. The minimum atomic E-state index is -2.18. The molecule has 5 nitrogen and oxygen atoms in total. The van der Waals surface area contributed by atoms with E-state index in [0.29, 0.717) is 36.4 Å². The predicted octanol–water partition coefficient (Wildman–Crippen LogP) is 8.23. The highest BCUT2D eigenvalue weighted by molar-refractivity contribution is 7.99. The lowest BCUT2D eigenvalue weighted by atomic mass is 9.99. The fourth-order valence-electron chi connectivity index (χ4n) is 6.38. The Bertz CT molecular complexity index is 1160. The Morgan fingerprint density at radius 2 is 1.14 bits per heavy atom. The van der Waals surface area contributed by atoms with Gasteiger partial charge in [-0.3, -0.25) is 0 Å². The van der Waals surface area contributed by atoms with Crippen molar-refractivity contribution in [2.45, 2.75) is 106 Å². The lowest BCUT2D eigenvalue weighted by Gasteiger charge is -2.47.